The Bertz CT molecular complexity index is 3480. The van der Waals surface area contributed by atoms with Crippen molar-refractivity contribution in [3.8, 4) is 0 Å². The average Bonchev–Trinajstić information content (AvgIpc) is 4.24. The lowest BCUT2D eigenvalue weighted by molar-refractivity contribution is -0.117. The van der Waals surface area contributed by atoms with Gasteiger partial charge < -0.3 is 54.0 Å². The van der Waals surface area contributed by atoms with Crippen LogP contribution in [0.1, 0.15) is 70.5 Å². The highest BCUT2D eigenvalue weighted by Gasteiger charge is 2.32. The van der Waals surface area contributed by atoms with Gasteiger partial charge in [-0.2, -0.15) is 19.0 Å². The minimum Gasteiger partial charge on any atom is -0.444 e. The summed E-state index contributed by atoms with van der Waals surface area (Å²) in [6.45, 7) is 15.8. The summed E-state index contributed by atoms with van der Waals surface area (Å²) in [7, 11) is 0. The van der Waals surface area contributed by atoms with Gasteiger partial charge in [0.05, 0.1) is 59.2 Å². The number of amides is 3. The fraction of sp³-hybridized carbons (Fsp3) is 0.453. The summed E-state index contributed by atoms with van der Waals surface area (Å²) in [4.78, 5) is 82.2. The molecule has 0 bridgehead atoms. The quantitative estimate of drug-likeness (QED) is 0.111. The highest BCUT2D eigenvalue weighted by atomic mass is 79.9. The summed E-state index contributed by atoms with van der Waals surface area (Å²) in [5.74, 6) is 0.924. The maximum atomic E-state index is 14.0. The van der Waals surface area contributed by atoms with Crippen LogP contribution >= 0.6 is 55.1 Å². The van der Waals surface area contributed by atoms with Crippen LogP contribution in [0.3, 0.4) is 0 Å². The molecule has 10 rings (SSSR count). The van der Waals surface area contributed by atoms with Crippen LogP contribution < -0.4 is 36.9 Å². The van der Waals surface area contributed by atoms with Gasteiger partial charge in [-0.05, 0) is 94.0 Å². The van der Waals surface area contributed by atoms with Crippen molar-refractivity contribution >= 4 is 118 Å². The number of halogens is 4. The molecular weight excluding hydrogens is 1190 g/mol. The van der Waals surface area contributed by atoms with E-state index in [1.807, 2.05) is 57.7 Å². The van der Waals surface area contributed by atoms with E-state index < -0.39 is 5.60 Å². The molecular formula is C53H62Br2Cl2N14O8. The molecule has 22 nitrogen and oxygen atoms in total. The number of carbonyl (C=O) groups is 3. The van der Waals surface area contributed by atoms with E-state index in [0.29, 0.717) is 147 Å². The number of ether oxygens (including phenoxy) is 3. The van der Waals surface area contributed by atoms with Crippen molar-refractivity contribution < 1.29 is 28.6 Å². The summed E-state index contributed by atoms with van der Waals surface area (Å²) in [6.07, 6.45) is 5.76. The Balaban J connectivity index is 0.000000195. The Morgan fingerprint density at radius 1 is 0.684 bits per heavy atom. The molecule has 0 unspecified atom stereocenters. The van der Waals surface area contributed by atoms with Gasteiger partial charge in [0.25, 0.3) is 11.1 Å². The Morgan fingerprint density at radius 2 is 1.13 bits per heavy atom. The number of nitrogens with one attached hydrogen (secondary N) is 3. The third kappa shape index (κ3) is 13.2. The van der Waals surface area contributed by atoms with Crippen LogP contribution in [0.25, 0.3) is 22.7 Å². The zero-order valence-electron chi connectivity index (χ0n) is 44.5. The molecule has 3 amide bonds. The van der Waals surface area contributed by atoms with E-state index in [1.54, 1.807) is 44.4 Å². The summed E-state index contributed by atoms with van der Waals surface area (Å²) < 4.78 is 24.2. The molecule has 26 heteroatoms. The number of rotatable bonds is 12. The number of carbonyl (C=O) groups excluding carboxylic acids is 3. The van der Waals surface area contributed by atoms with Gasteiger partial charge in [0, 0.05) is 61.3 Å². The number of fused-ring (bicyclic) bond motifs is 2. The van der Waals surface area contributed by atoms with Gasteiger partial charge >= 0.3 is 6.09 Å². The van der Waals surface area contributed by atoms with Crippen LogP contribution in [0.15, 0.2) is 67.1 Å². The zero-order chi connectivity index (χ0) is 56.1. The van der Waals surface area contributed by atoms with E-state index in [1.165, 1.54) is 9.03 Å². The van der Waals surface area contributed by atoms with E-state index >= 15 is 0 Å². The van der Waals surface area contributed by atoms with Crippen molar-refractivity contribution in [2.75, 3.05) is 99.2 Å². The average molecular weight is 1250 g/mol. The molecule has 0 radical (unpaired) electrons. The number of aromatic nitrogens is 8. The van der Waals surface area contributed by atoms with Crippen molar-refractivity contribution in [2.24, 2.45) is 0 Å². The van der Waals surface area contributed by atoms with Crippen LogP contribution in [-0.2, 0) is 49.7 Å². The maximum Gasteiger partial charge on any atom is 0.410 e. The van der Waals surface area contributed by atoms with Crippen molar-refractivity contribution in [3.63, 3.8) is 0 Å². The van der Waals surface area contributed by atoms with E-state index in [2.05, 4.69) is 62.9 Å². The highest BCUT2D eigenvalue weighted by molar-refractivity contribution is 9.10. The molecule has 0 aliphatic carbocycles. The van der Waals surface area contributed by atoms with Gasteiger partial charge in [0.15, 0.2) is 11.6 Å². The van der Waals surface area contributed by atoms with Crippen LogP contribution in [0, 0.1) is 0 Å². The van der Waals surface area contributed by atoms with Crippen LogP contribution in [0.4, 0.5) is 27.5 Å². The molecule has 420 valence electrons. The predicted molar refractivity (Wildman–Crippen MR) is 311 cm³/mol. The number of hydrogen-bond acceptors (Lipinski definition) is 15. The normalized spacial score (nSPS) is 16.1. The number of benzene rings is 2. The fourth-order valence-corrected chi connectivity index (χ4v) is 11.2. The molecule has 2 fully saturated rings. The number of piperazine rings is 2. The second-order valence-corrected chi connectivity index (χ2v) is 22.7. The van der Waals surface area contributed by atoms with Crippen molar-refractivity contribution in [2.45, 2.75) is 79.0 Å². The first-order valence-corrected chi connectivity index (χ1v) is 28.5. The third-order valence-corrected chi connectivity index (χ3v) is 15.1. The fourth-order valence-electron chi connectivity index (χ4n) is 9.77. The van der Waals surface area contributed by atoms with Gasteiger partial charge in [-0.15, -0.1) is 10.2 Å². The molecule has 0 atom stereocenters. The second kappa shape index (κ2) is 25.1. The molecule has 8 heterocycles. The summed E-state index contributed by atoms with van der Waals surface area (Å²) in [5.41, 5.74) is 4.07. The van der Waals surface area contributed by atoms with Crippen molar-refractivity contribution in [1.82, 2.24) is 48.5 Å². The molecule has 6 aromatic rings. The first-order valence-electron chi connectivity index (χ1n) is 26.2. The molecule has 3 N–H and O–H groups in total. The van der Waals surface area contributed by atoms with Gasteiger partial charge in [-0.1, -0.05) is 81.1 Å². The Morgan fingerprint density at radius 3 is 1.52 bits per heavy atom. The van der Waals surface area contributed by atoms with Crippen LogP contribution in [0.2, 0.25) is 10.0 Å². The molecule has 79 heavy (non-hydrogen) atoms. The van der Waals surface area contributed by atoms with Gasteiger partial charge in [0.2, 0.25) is 23.4 Å². The van der Waals surface area contributed by atoms with Crippen LogP contribution in [-0.4, -0.2) is 146 Å². The molecule has 4 aliphatic heterocycles. The number of hydrogen-bond donors (Lipinski definition) is 3. The maximum absolute atomic E-state index is 14.0. The van der Waals surface area contributed by atoms with E-state index in [0.717, 1.165) is 38.9 Å². The number of nitrogens with zero attached hydrogens (tertiary/aromatic N) is 11. The summed E-state index contributed by atoms with van der Waals surface area (Å²) >= 11 is 19.4. The molecule has 0 spiro atoms. The molecule has 0 saturated carbocycles. The number of anilines is 4. The molecule has 2 saturated heterocycles. The second-order valence-electron chi connectivity index (χ2n) is 20.0. The van der Waals surface area contributed by atoms with E-state index in [9.17, 15) is 24.0 Å². The Hall–Kier alpha value is -6.15. The lowest BCUT2D eigenvalue weighted by Crippen LogP contribution is -2.51. The monoisotopic (exact) mass is 1250 g/mol. The highest BCUT2D eigenvalue weighted by Crippen LogP contribution is 2.30. The van der Waals surface area contributed by atoms with Gasteiger partial charge in [-0.25, -0.2) is 4.79 Å². The lowest BCUT2D eigenvalue weighted by atomic mass is 10.1. The summed E-state index contributed by atoms with van der Waals surface area (Å²) in [5, 5.41) is 19.1. The molecule has 4 aliphatic rings. The third-order valence-electron chi connectivity index (χ3n) is 13.5. The smallest absolute Gasteiger partial charge is 0.410 e. The van der Waals surface area contributed by atoms with E-state index in [4.69, 9.17) is 47.4 Å². The first-order chi connectivity index (χ1) is 37.9. The Labute approximate surface area is 482 Å². The van der Waals surface area contributed by atoms with Crippen molar-refractivity contribution in [3.05, 3.63) is 111 Å². The minimum atomic E-state index is -0.603. The minimum absolute atomic E-state index is 0.0429. The first kappa shape index (κ1) is 57.5. The van der Waals surface area contributed by atoms with Gasteiger partial charge in [-0.3, -0.25) is 19.2 Å². The van der Waals surface area contributed by atoms with Crippen molar-refractivity contribution in [1.29, 1.82) is 0 Å². The largest absolute Gasteiger partial charge is 0.444 e. The Kier molecular flexibility index (Phi) is 18.3. The molecule has 4 aromatic heterocycles. The topological polar surface area (TPSA) is 229 Å². The van der Waals surface area contributed by atoms with Crippen LogP contribution in [0.5, 0.6) is 0 Å². The van der Waals surface area contributed by atoms with E-state index in [-0.39, 0.29) is 47.9 Å². The lowest BCUT2D eigenvalue weighted by Gasteiger charge is -2.37. The summed E-state index contributed by atoms with van der Waals surface area (Å²) in [6, 6.07) is 10.5. The predicted octanol–water partition coefficient (Wildman–Crippen LogP) is 7.09. The standard InChI is InChI=1S/C29H35BrClN7O5.C24H27BrClN7O3/c1-5-22-24(35-10-12-36(13-11-35)28(41)43-29(2,3)4)26(40)38-27(33-25(34-38)18-8-14-42-15-9-18)37(22)17-23(39)32-21-7-6-19(30)16-20(21)31;1-2-19-21(31-9-7-27-8-10-31)23(35)33-24(29-22(30-33)15-5-11-36-12-6-15)32(19)14-20(34)28-18-4-3-16(25)13-17(18)26/h6-8,16H,5,9-15,17H2,1-4H3,(H,32,39);3-5,13,27H,2,6-12,14H2,1H3,(H,28,34). The zero-order valence-corrected chi connectivity index (χ0v) is 49.2. The molecule has 2 aromatic carbocycles. The van der Waals surface area contributed by atoms with Gasteiger partial charge in [0.1, 0.15) is 30.1 Å². The SMILES string of the molecule is CCc1c(N2CCN(C(=O)OC(C)(C)C)CC2)c(=O)n2nc(C3=CCOCC3)nc2n1CC(=O)Nc1ccc(Br)cc1Cl.CCc1c(N2CCNCC2)c(=O)n2nc(C3=CCOCC3)nc2n1CC(=O)Nc1ccc(Br)cc1Cl.